The van der Waals surface area contributed by atoms with Gasteiger partial charge in [-0.2, -0.15) is 5.26 Å². The van der Waals surface area contributed by atoms with E-state index in [2.05, 4.69) is 29.7 Å². The van der Waals surface area contributed by atoms with Crippen LogP contribution in [0.25, 0.3) is 0 Å². The van der Waals surface area contributed by atoms with Crippen LogP contribution in [-0.4, -0.2) is 60.8 Å². The molecule has 5 rings (SSSR count). The van der Waals surface area contributed by atoms with Crippen molar-refractivity contribution >= 4 is 11.7 Å². The molecule has 2 aliphatic carbocycles. The fraction of sp³-hybridized carbons (Fsp3) is 0.720. The highest BCUT2D eigenvalue weighted by Gasteiger charge is 2.43. The second kappa shape index (κ2) is 8.31. The highest BCUT2D eigenvalue weighted by Crippen LogP contribution is 2.46. The van der Waals surface area contributed by atoms with Gasteiger partial charge in [0.25, 0.3) is 0 Å². The summed E-state index contributed by atoms with van der Waals surface area (Å²) < 4.78 is 11.2. The van der Waals surface area contributed by atoms with Crippen molar-refractivity contribution in [2.75, 3.05) is 38.3 Å². The van der Waals surface area contributed by atoms with E-state index in [1.165, 1.54) is 25.7 Å². The van der Waals surface area contributed by atoms with E-state index in [9.17, 15) is 10.1 Å². The minimum atomic E-state index is -0.277. The Labute approximate surface area is 190 Å². The molecule has 1 amide bonds. The quantitative estimate of drug-likeness (QED) is 0.679. The SMILES string of the molecule is COCCC(=O)N1CCN(c2nc(C3CC3)c3c(c2C#N)CC(C)(C)OC3)C[C@H]1C1CC1. The molecule has 4 aliphatic rings. The summed E-state index contributed by atoms with van der Waals surface area (Å²) in [6, 6.07) is 2.71. The number of carbonyl (C=O) groups is 1. The number of carbonyl (C=O) groups excluding carboxylic acids is 1. The molecule has 2 aliphatic heterocycles. The number of nitriles is 1. The second-order valence-corrected chi connectivity index (χ2v) is 10.4. The van der Waals surface area contributed by atoms with Crippen molar-refractivity contribution in [2.45, 2.75) is 76.5 Å². The van der Waals surface area contributed by atoms with Crippen molar-refractivity contribution < 1.29 is 14.3 Å². The number of anilines is 1. The summed E-state index contributed by atoms with van der Waals surface area (Å²) in [7, 11) is 1.64. The molecule has 0 N–H and O–H groups in total. The first kappa shape index (κ1) is 21.7. The molecule has 1 saturated heterocycles. The molecule has 1 aromatic rings. The minimum absolute atomic E-state index is 0.180. The molecule has 0 spiro atoms. The smallest absolute Gasteiger partial charge is 0.225 e. The van der Waals surface area contributed by atoms with Crippen molar-refractivity contribution in [2.24, 2.45) is 5.92 Å². The number of hydrogen-bond acceptors (Lipinski definition) is 6. The van der Waals surface area contributed by atoms with Crippen LogP contribution in [0, 0.1) is 17.2 Å². The number of rotatable bonds is 6. The Morgan fingerprint density at radius 2 is 2.03 bits per heavy atom. The maximum atomic E-state index is 12.8. The average molecular weight is 439 g/mol. The number of amides is 1. The maximum Gasteiger partial charge on any atom is 0.225 e. The van der Waals surface area contributed by atoms with Crippen molar-refractivity contribution in [1.29, 1.82) is 5.26 Å². The van der Waals surface area contributed by atoms with Crippen LogP contribution in [0.5, 0.6) is 0 Å². The number of pyridine rings is 1. The molecule has 1 aromatic heterocycles. The second-order valence-electron chi connectivity index (χ2n) is 10.4. The van der Waals surface area contributed by atoms with E-state index in [-0.39, 0.29) is 17.6 Å². The summed E-state index contributed by atoms with van der Waals surface area (Å²) in [5.74, 6) is 2.07. The first-order chi connectivity index (χ1) is 15.4. The zero-order valence-corrected chi connectivity index (χ0v) is 19.5. The van der Waals surface area contributed by atoms with Gasteiger partial charge < -0.3 is 19.3 Å². The summed E-state index contributed by atoms with van der Waals surface area (Å²) in [5.41, 5.74) is 3.87. The van der Waals surface area contributed by atoms with Crippen LogP contribution in [0.3, 0.4) is 0 Å². The molecule has 1 atom stereocenters. The van der Waals surface area contributed by atoms with Gasteiger partial charge in [-0.1, -0.05) is 0 Å². The summed E-state index contributed by atoms with van der Waals surface area (Å²) >= 11 is 0. The van der Waals surface area contributed by atoms with Crippen LogP contribution in [0.15, 0.2) is 0 Å². The number of methoxy groups -OCH3 is 1. The Hall–Kier alpha value is -2.17. The Morgan fingerprint density at radius 3 is 2.69 bits per heavy atom. The molecule has 0 radical (unpaired) electrons. The van der Waals surface area contributed by atoms with E-state index in [1.807, 2.05) is 0 Å². The van der Waals surface area contributed by atoms with E-state index in [0.717, 1.165) is 41.2 Å². The van der Waals surface area contributed by atoms with Crippen LogP contribution in [-0.2, 0) is 27.3 Å². The number of fused-ring (bicyclic) bond motifs is 1. The van der Waals surface area contributed by atoms with Gasteiger partial charge in [-0.25, -0.2) is 4.98 Å². The molecule has 3 heterocycles. The highest BCUT2D eigenvalue weighted by atomic mass is 16.5. The predicted octanol–water partition coefficient (Wildman–Crippen LogP) is 3.15. The maximum absolute atomic E-state index is 12.8. The lowest BCUT2D eigenvalue weighted by Crippen LogP contribution is -2.56. The molecular formula is C25H34N4O3. The molecule has 7 nitrogen and oxygen atoms in total. The van der Waals surface area contributed by atoms with Crippen LogP contribution >= 0.6 is 0 Å². The standard InChI is InChI=1S/C25H34N4O3/c1-25(2)12-18-19(13-26)24(27-23(17-6-7-17)20(18)15-32-25)28-9-10-29(22(30)8-11-31-3)21(14-28)16-4-5-16/h16-17,21H,4-12,14-15H2,1-3H3/t21-/m0/s1. The first-order valence-electron chi connectivity index (χ1n) is 12.0. The third kappa shape index (κ3) is 4.11. The van der Waals surface area contributed by atoms with Gasteiger partial charge in [0.2, 0.25) is 5.91 Å². The van der Waals surface area contributed by atoms with Crippen LogP contribution < -0.4 is 4.90 Å². The largest absolute Gasteiger partial charge is 0.384 e. The molecule has 32 heavy (non-hydrogen) atoms. The molecule has 0 unspecified atom stereocenters. The molecule has 0 bridgehead atoms. The summed E-state index contributed by atoms with van der Waals surface area (Å²) in [5, 5.41) is 10.2. The van der Waals surface area contributed by atoms with Crippen LogP contribution in [0.1, 0.15) is 74.3 Å². The van der Waals surface area contributed by atoms with Crippen LogP contribution in [0.2, 0.25) is 0 Å². The van der Waals surface area contributed by atoms with Gasteiger partial charge in [0, 0.05) is 44.6 Å². The average Bonchev–Trinajstić information content (AvgIpc) is 3.68. The van der Waals surface area contributed by atoms with Crippen molar-refractivity contribution in [3.8, 4) is 6.07 Å². The number of nitrogens with zero attached hydrogens (tertiary/aromatic N) is 4. The minimum Gasteiger partial charge on any atom is -0.384 e. The van der Waals surface area contributed by atoms with E-state index < -0.39 is 0 Å². The predicted molar refractivity (Wildman–Crippen MR) is 120 cm³/mol. The number of hydrogen-bond donors (Lipinski definition) is 0. The van der Waals surface area contributed by atoms with Gasteiger partial charge in [-0.15, -0.1) is 0 Å². The number of ether oxygens (including phenoxy) is 2. The first-order valence-corrected chi connectivity index (χ1v) is 12.0. The van der Waals surface area contributed by atoms with Crippen molar-refractivity contribution in [3.63, 3.8) is 0 Å². The third-order valence-corrected chi connectivity index (χ3v) is 7.44. The van der Waals surface area contributed by atoms with Gasteiger partial charge in [0.15, 0.2) is 0 Å². The van der Waals surface area contributed by atoms with E-state index in [0.29, 0.717) is 44.6 Å². The third-order valence-electron chi connectivity index (χ3n) is 7.44. The number of piperazine rings is 1. The lowest BCUT2D eigenvalue weighted by molar-refractivity contribution is -0.135. The van der Waals surface area contributed by atoms with E-state index in [1.54, 1.807) is 7.11 Å². The zero-order chi connectivity index (χ0) is 22.5. The van der Waals surface area contributed by atoms with E-state index >= 15 is 0 Å². The lowest BCUT2D eigenvalue weighted by atomic mass is 9.87. The van der Waals surface area contributed by atoms with E-state index in [4.69, 9.17) is 14.5 Å². The zero-order valence-electron chi connectivity index (χ0n) is 19.5. The van der Waals surface area contributed by atoms with Gasteiger partial charge in [0.05, 0.1) is 42.5 Å². The molecule has 3 fully saturated rings. The lowest BCUT2D eigenvalue weighted by Gasteiger charge is -2.43. The van der Waals surface area contributed by atoms with Crippen LogP contribution in [0.4, 0.5) is 5.82 Å². The molecule has 0 aromatic carbocycles. The van der Waals surface area contributed by atoms with Crippen molar-refractivity contribution in [3.05, 3.63) is 22.4 Å². The molecular weight excluding hydrogens is 404 g/mol. The topological polar surface area (TPSA) is 78.7 Å². The van der Waals surface area contributed by atoms with Gasteiger partial charge in [-0.05, 0) is 51.0 Å². The summed E-state index contributed by atoms with van der Waals surface area (Å²) in [6.45, 7) is 7.36. The summed E-state index contributed by atoms with van der Waals surface area (Å²) in [4.78, 5) is 22.3. The molecule has 7 heteroatoms. The summed E-state index contributed by atoms with van der Waals surface area (Å²) in [6.07, 6.45) is 5.85. The fourth-order valence-corrected chi connectivity index (χ4v) is 5.35. The Balaban J connectivity index is 1.48. The Morgan fingerprint density at radius 1 is 1.25 bits per heavy atom. The Bertz CT molecular complexity index is 945. The molecule has 2 saturated carbocycles. The highest BCUT2D eigenvalue weighted by molar-refractivity contribution is 5.77. The van der Waals surface area contributed by atoms with Gasteiger partial charge in [0.1, 0.15) is 11.9 Å². The van der Waals surface area contributed by atoms with Gasteiger partial charge >= 0.3 is 0 Å². The van der Waals surface area contributed by atoms with Gasteiger partial charge in [-0.3, -0.25) is 4.79 Å². The van der Waals surface area contributed by atoms with Crippen molar-refractivity contribution in [1.82, 2.24) is 9.88 Å². The monoisotopic (exact) mass is 438 g/mol. The fourth-order valence-electron chi connectivity index (χ4n) is 5.35. The Kier molecular flexibility index (Phi) is 5.63. The molecule has 172 valence electrons. The number of aromatic nitrogens is 1. The normalized spacial score (nSPS) is 24.8.